The molecule has 0 spiro atoms. The van der Waals surface area contributed by atoms with E-state index in [1.54, 1.807) is 0 Å². The molecule has 9 nitrogen and oxygen atoms in total. The number of rotatable bonds is 7. The number of nitro groups is 1. The topological polar surface area (TPSA) is 108 Å². The Morgan fingerprint density at radius 3 is 2.00 bits per heavy atom. The molecule has 2 N–H and O–H groups in total. The van der Waals surface area contributed by atoms with Crippen molar-refractivity contribution in [2.45, 2.75) is 13.8 Å². The van der Waals surface area contributed by atoms with Crippen LogP contribution in [0.4, 0.5) is 17.1 Å². The van der Waals surface area contributed by atoms with Crippen molar-refractivity contribution in [1.82, 2.24) is 9.80 Å². The third-order valence-corrected chi connectivity index (χ3v) is 5.70. The minimum atomic E-state index is -0.542. The van der Waals surface area contributed by atoms with E-state index in [4.69, 9.17) is 11.6 Å². The first-order valence-electron chi connectivity index (χ1n) is 10.3. The van der Waals surface area contributed by atoms with Crippen LogP contribution >= 0.6 is 11.6 Å². The predicted molar refractivity (Wildman–Crippen MR) is 124 cm³/mol. The van der Waals surface area contributed by atoms with Gasteiger partial charge in [0, 0.05) is 44.0 Å². The summed E-state index contributed by atoms with van der Waals surface area (Å²) in [4.78, 5) is 39.1. The van der Waals surface area contributed by atoms with Gasteiger partial charge in [-0.3, -0.25) is 29.5 Å². The molecule has 2 aromatic carbocycles. The number of nitrogens with one attached hydrogen (secondary N) is 2. The summed E-state index contributed by atoms with van der Waals surface area (Å²) in [6.07, 6.45) is 0. The van der Waals surface area contributed by atoms with Crippen molar-refractivity contribution < 1.29 is 14.5 Å². The number of carbonyl (C=O) groups is 2. The van der Waals surface area contributed by atoms with Crippen molar-refractivity contribution in [3.63, 3.8) is 0 Å². The lowest BCUT2D eigenvalue weighted by molar-refractivity contribution is -0.384. The van der Waals surface area contributed by atoms with E-state index in [0.717, 1.165) is 16.8 Å². The number of amides is 2. The Kier molecular flexibility index (Phi) is 7.79. The van der Waals surface area contributed by atoms with Crippen molar-refractivity contribution in [3.05, 3.63) is 62.7 Å². The van der Waals surface area contributed by atoms with Crippen molar-refractivity contribution in [2.75, 3.05) is 49.9 Å². The minimum absolute atomic E-state index is 0.0543. The van der Waals surface area contributed by atoms with E-state index in [9.17, 15) is 19.7 Å². The van der Waals surface area contributed by atoms with E-state index in [-0.39, 0.29) is 29.1 Å². The Morgan fingerprint density at radius 2 is 1.50 bits per heavy atom. The number of para-hydroxylation sites is 1. The average Bonchev–Trinajstić information content (AvgIpc) is 2.73. The van der Waals surface area contributed by atoms with Crippen LogP contribution in [0.1, 0.15) is 11.1 Å². The normalized spacial score (nSPS) is 14.7. The predicted octanol–water partition coefficient (Wildman–Crippen LogP) is 3.06. The SMILES string of the molecule is Cc1cccc(C)c1NC(=O)CN1CCN(CC(=O)Nc2ccc([N+](=O)[O-])cc2Cl)CC1. The molecule has 2 aromatic rings. The van der Waals surface area contributed by atoms with Crippen LogP contribution in [0.5, 0.6) is 0 Å². The molecule has 3 rings (SSSR count). The monoisotopic (exact) mass is 459 g/mol. The van der Waals surface area contributed by atoms with E-state index >= 15 is 0 Å². The van der Waals surface area contributed by atoms with Gasteiger partial charge >= 0.3 is 0 Å². The maximum absolute atomic E-state index is 12.5. The van der Waals surface area contributed by atoms with Gasteiger partial charge in [-0.1, -0.05) is 29.8 Å². The summed E-state index contributed by atoms with van der Waals surface area (Å²) < 4.78 is 0. The maximum atomic E-state index is 12.5. The number of aryl methyl sites for hydroxylation is 2. The lowest BCUT2D eigenvalue weighted by Gasteiger charge is -2.33. The van der Waals surface area contributed by atoms with Crippen LogP contribution in [0.25, 0.3) is 0 Å². The fourth-order valence-electron chi connectivity index (χ4n) is 3.61. The van der Waals surface area contributed by atoms with Crippen LogP contribution in [0, 0.1) is 24.0 Å². The molecular formula is C22H26ClN5O4. The molecule has 0 aliphatic carbocycles. The fourth-order valence-corrected chi connectivity index (χ4v) is 3.83. The Bertz CT molecular complexity index is 1000. The van der Waals surface area contributed by atoms with E-state index in [1.807, 2.05) is 36.9 Å². The van der Waals surface area contributed by atoms with Crippen molar-refractivity contribution >= 4 is 40.5 Å². The lowest BCUT2D eigenvalue weighted by Crippen LogP contribution is -2.50. The second-order valence-corrected chi connectivity index (χ2v) is 8.24. The second-order valence-electron chi connectivity index (χ2n) is 7.84. The average molecular weight is 460 g/mol. The third-order valence-electron chi connectivity index (χ3n) is 5.38. The standard InChI is InChI=1S/C22H26ClN5O4/c1-15-4-3-5-16(2)22(15)25-21(30)14-27-10-8-26(9-11-27)13-20(29)24-19-7-6-17(28(31)32)12-18(19)23/h3-7,12H,8-11,13-14H2,1-2H3,(H,24,29)(H,25,30). The van der Waals surface area contributed by atoms with Gasteiger partial charge in [0.2, 0.25) is 11.8 Å². The largest absolute Gasteiger partial charge is 0.324 e. The molecule has 0 radical (unpaired) electrons. The number of hydrogen-bond donors (Lipinski definition) is 2. The molecule has 32 heavy (non-hydrogen) atoms. The maximum Gasteiger partial charge on any atom is 0.271 e. The molecule has 0 unspecified atom stereocenters. The zero-order valence-electron chi connectivity index (χ0n) is 18.1. The van der Waals surface area contributed by atoms with E-state index < -0.39 is 4.92 Å². The molecule has 1 aliphatic rings. The number of benzene rings is 2. The highest BCUT2D eigenvalue weighted by molar-refractivity contribution is 6.34. The van der Waals surface area contributed by atoms with E-state index in [2.05, 4.69) is 15.5 Å². The van der Waals surface area contributed by atoms with Gasteiger partial charge in [-0.05, 0) is 31.0 Å². The van der Waals surface area contributed by atoms with Crippen LogP contribution in [0.15, 0.2) is 36.4 Å². The molecule has 0 bridgehead atoms. The first-order chi connectivity index (χ1) is 15.2. The summed E-state index contributed by atoms with van der Waals surface area (Å²) in [7, 11) is 0. The number of non-ortho nitro benzene ring substituents is 1. The van der Waals surface area contributed by atoms with Crippen molar-refractivity contribution in [3.8, 4) is 0 Å². The molecular weight excluding hydrogens is 434 g/mol. The van der Waals surface area contributed by atoms with Gasteiger partial charge in [-0.15, -0.1) is 0 Å². The van der Waals surface area contributed by atoms with Gasteiger partial charge in [-0.2, -0.15) is 0 Å². The highest BCUT2D eigenvalue weighted by Crippen LogP contribution is 2.26. The van der Waals surface area contributed by atoms with Crippen LogP contribution in [-0.2, 0) is 9.59 Å². The highest BCUT2D eigenvalue weighted by Gasteiger charge is 2.21. The summed E-state index contributed by atoms with van der Waals surface area (Å²) in [6.45, 7) is 7.06. The van der Waals surface area contributed by atoms with Gasteiger partial charge in [0.1, 0.15) is 0 Å². The third kappa shape index (κ3) is 6.25. The van der Waals surface area contributed by atoms with Crippen molar-refractivity contribution in [2.24, 2.45) is 0 Å². The number of piperazine rings is 1. The number of carbonyl (C=O) groups excluding carboxylic acids is 2. The summed E-state index contributed by atoms with van der Waals surface area (Å²) >= 11 is 6.03. The molecule has 1 heterocycles. The van der Waals surface area contributed by atoms with Crippen molar-refractivity contribution in [1.29, 1.82) is 0 Å². The molecule has 0 atom stereocenters. The van der Waals surface area contributed by atoms with Gasteiger partial charge in [-0.25, -0.2) is 0 Å². The van der Waals surface area contributed by atoms with Gasteiger partial charge in [0.15, 0.2) is 0 Å². The number of anilines is 2. The Morgan fingerprint density at radius 1 is 0.969 bits per heavy atom. The number of halogens is 1. The quantitative estimate of drug-likeness (QED) is 0.486. The molecule has 1 saturated heterocycles. The van der Waals surface area contributed by atoms with Gasteiger partial charge in [0.05, 0.1) is 28.7 Å². The first kappa shape index (κ1) is 23.6. The summed E-state index contributed by atoms with van der Waals surface area (Å²) in [5.41, 5.74) is 3.12. The van der Waals surface area contributed by atoms with E-state index in [0.29, 0.717) is 38.4 Å². The summed E-state index contributed by atoms with van der Waals surface area (Å²) in [6, 6.07) is 9.83. The summed E-state index contributed by atoms with van der Waals surface area (Å²) in [5, 5.41) is 16.6. The number of nitrogens with zero attached hydrogens (tertiary/aromatic N) is 3. The number of nitro benzene ring substituents is 1. The van der Waals surface area contributed by atoms with Crippen LogP contribution in [0.3, 0.4) is 0 Å². The smallest absolute Gasteiger partial charge is 0.271 e. The van der Waals surface area contributed by atoms with Crippen LogP contribution in [-0.4, -0.2) is 65.8 Å². The van der Waals surface area contributed by atoms with Gasteiger partial charge < -0.3 is 10.6 Å². The fraction of sp³-hybridized carbons (Fsp3) is 0.364. The summed E-state index contributed by atoms with van der Waals surface area (Å²) in [5.74, 6) is -0.302. The Labute approximate surface area is 191 Å². The van der Waals surface area contributed by atoms with Gasteiger partial charge in [0.25, 0.3) is 5.69 Å². The molecule has 0 aromatic heterocycles. The Hall–Kier alpha value is -3.01. The zero-order valence-corrected chi connectivity index (χ0v) is 18.8. The van der Waals surface area contributed by atoms with E-state index in [1.165, 1.54) is 18.2 Å². The molecule has 1 aliphatic heterocycles. The molecule has 2 amide bonds. The lowest BCUT2D eigenvalue weighted by atomic mass is 10.1. The second kappa shape index (κ2) is 10.5. The molecule has 10 heteroatoms. The molecule has 0 saturated carbocycles. The van der Waals surface area contributed by atoms with Crippen LogP contribution < -0.4 is 10.6 Å². The first-order valence-corrected chi connectivity index (χ1v) is 10.7. The zero-order chi connectivity index (χ0) is 23.3. The highest BCUT2D eigenvalue weighted by atomic mass is 35.5. The number of hydrogen-bond acceptors (Lipinski definition) is 6. The molecule has 170 valence electrons. The molecule has 1 fully saturated rings. The minimum Gasteiger partial charge on any atom is -0.324 e. The van der Waals surface area contributed by atoms with Crippen LogP contribution in [0.2, 0.25) is 5.02 Å². The Balaban J connectivity index is 1.44.